The number of fused-ring (bicyclic) bond motifs is 4. The van der Waals surface area contributed by atoms with Gasteiger partial charge in [-0.25, -0.2) is 14.2 Å². The van der Waals surface area contributed by atoms with Crippen molar-refractivity contribution in [1.82, 2.24) is 39.6 Å². The lowest BCUT2D eigenvalue weighted by Gasteiger charge is -2.21. The molecule has 7 heterocycles. The number of aromatic nitrogens is 6. The first-order chi connectivity index (χ1) is 21.6. The van der Waals surface area contributed by atoms with Crippen LogP contribution in [0.15, 0.2) is 49.1 Å². The third-order valence-corrected chi connectivity index (χ3v) is 8.49. The van der Waals surface area contributed by atoms with Crippen LogP contribution < -0.4 is 20.1 Å². The molecule has 0 bridgehead atoms. The lowest BCUT2D eigenvalue weighted by atomic mass is 10.0. The van der Waals surface area contributed by atoms with E-state index in [1.807, 2.05) is 30.5 Å². The molecule has 3 aliphatic rings. The molecular formula is C30H29N9O5. The van der Waals surface area contributed by atoms with E-state index < -0.39 is 0 Å². The van der Waals surface area contributed by atoms with E-state index in [-0.39, 0.29) is 29.4 Å². The molecule has 0 spiro atoms. The van der Waals surface area contributed by atoms with Crippen LogP contribution in [0.2, 0.25) is 0 Å². The number of benzene rings is 1. The molecule has 2 saturated heterocycles. The highest BCUT2D eigenvalue weighted by molar-refractivity contribution is 6.05. The number of hydrogen-bond acceptors (Lipinski definition) is 11. The van der Waals surface area contributed by atoms with Gasteiger partial charge in [0.05, 0.1) is 53.7 Å². The molecule has 2 fully saturated rings. The fraction of sp³-hybridized carbons (Fsp3) is 0.333. The number of cyclic esters (lactones) is 1. The van der Waals surface area contributed by atoms with Crippen LogP contribution in [0, 0.1) is 11.8 Å². The minimum atomic E-state index is -0.324. The summed E-state index contributed by atoms with van der Waals surface area (Å²) in [6.07, 6.45) is 6.91. The lowest BCUT2D eigenvalue weighted by molar-refractivity contribution is -0.141. The van der Waals surface area contributed by atoms with Crippen LogP contribution in [-0.4, -0.2) is 99.2 Å². The van der Waals surface area contributed by atoms with Crippen molar-refractivity contribution in [1.29, 1.82) is 0 Å². The van der Waals surface area contributed by atoms with Crippen molar-refractivity contribution in [3.05, 3.63) is 54.7 Å². The Kier molecular flexibility index (Phi) is 6.29. The second-order valence-electron chi connectivity index (χ2n) is 11.1. The van der Waals surface area contributed by atoms with Crippen molar-refractivity contribution < 1.29 is 23.8 Å². The molecule has 2 atom stereocenters. The fourth-order valence-corrected chi connectivity index (χ4v) is 6.29. The predicted molar refractivity (Wildman–Crippen MR) is 158 cm³/mol. The van der Waals surface area contributed by atoms with E-state index in [0.29, 0.717) is 78.8 Å². The number of nitrogens with zero attached hydrogens (tertiary/aromatic N) is 7. The molecule has 2 N–H and O–H groups in total. The molecule has 3 aliphatic heterocycles. The summed E-state index contributed by atoms with van der Waals surface area (Å²) in [5.74, 6) is 0.944. The van der Waals surface area contributed by atoms with Crippen molar-refractivity contribution in [2.75, 3.05) is 58.4 Å². The highest BCUT2D eigenvalue weighted by Crippen LogP contribution is 2.38. The second-order valence-corrected chi connectivity index (χ2v) is 11.1. The maximum Gasteiger partial charge on any atom is 0.310 e. The average Bonchev–Trinajstić information content (AvgIpc) is 3.83. The highest BCUT2D eigenvalue weighted by Gasteiger charge is 2.43. The van der Waals surface area contributed by atoms with Gasteiger partial charge >= 0.3 is 5.97 Å². The van der Waals surface area contributed by atoms with Gasteiger partial charge in [-0.15, -0.1) is 0 Å². The van der Waals surface area contributed by atoms with Gasteiger partial charge in [0.1, 0.15) is 23.8 Å². The smallest absolute Gasteiger partial charge is 0.310 e. The van der Waals surface area contributed by atoms with Crippen molar-refractivity contribution in [3.63, 3.8) is 0 Å². The molecule has 224 valence electrons. The average molecular weight is 596 g/mol. The summed E-state index contributed by atoms with van der Waals surface area (Å²) < 4.78 is 20.2. The number of pyridine rings is 1. The molecule has 8 rings (SSSR count). The molecule has 4 aromatic heterocycles. The van der Waals surface area contributed by atoms with Gasteiger partial charge in [-0.05, 0) is 12.1 Å². The fourth-order valence-electron chi connectivity index (χ4n) is 6.29. The molecule has 14 nitrogen and oxygen atoms in total. The Hall–Kier alpha value is -5.24. The maximum absolute atomic E-state index is 13.6. The molecule has 44 heavy (non-hydrogen) atoms. The lowest BCUT2D eigenvalue weighted by Crippen LogP contribution is -2.35. The third-order valence-electron chi connectivity index (χ3n) is 8.49. The number of nitrogens with one attached hydrogen (secondary N) is 2. The Balaban J connectivity index is 1.16. The Morgan fingerprint density at radius 1 is 1.18 bits per heavy atom. The monoisotopic (exact) mass is 595 g/mol. The summed E-state index contributed by atoms with van der Waals surface area (Å²) in [5, 5.41) is 16.1. The van der Waals surface area contributed by atoms with E-state index in [1.54, 1.807) is 34.9 Å². The molecule has 0 unspecified atom stereocenters. The number of ether oxygens (including phenoxy) is 3. The summed E-state index contributed by atoms with van der Waals surface area (Å²) in [4.78, 5) is 36.9. The summed E-state index contributed by atoms with van der Waals surface area (Å²) in [5.41, 5.74) is 4.37. The molecule has 5 aromatic rings. The quantitative estimate of drug-likeness (QED) is 0.265. The molecular weight excluding hydrogens is 566 g/mol. The zero-order valence-corrected chi connectivity index (χ0v) is 23.9. The van der Waals surface area contributed by atoms with Crippen molar-refractivity contribution in [3.8, 4) is 28.4 Å². The first-order valence-corrected chi connectivity index (χ1v) is 14.5. The summed E-state index contributed by atoms with van der Waals surface area (Å²) in [6, 6.07) is 7.42. The molecule has 0 aliphatic carbocycles. The third kappa shape index (κ3) is 4.37. The SMILES string of the molecule is COc1cc2c(cc1-n1nc(C(=O)NCCN3C[C@H]4COC(=O)[C@H]4C3)c3cnc(-c4cnn5cccnc45)cc31)OCCN2. The Morgan fingerprint density at radius 3 is 3.00 bits per heavy atom. The number of rotatable bonds is 7. The molecule has 0 radical (unpaired) electrons. The zero-order chi connectivity index (χ0) is 29.8. The first-order valence-electron chi connectivity index (χ1n) is 14.5. The largest absolute Gasteiger partial charge is 0.494 e. The molecule has 14 heteroatoms. The van der Waals surface area contributed by atoms with E-state index in [1.165, 1.54) is 0 Å². The maximum atomic E-state index is 13.6. The minimum absolute atomic E-state index is 0.0697. The number of methoxy groups -OCH3 is 1. The predicted octanol–water partition coefficient (Wildman–Crippen LogP) is 1.78. The number of amides is 1. The van der Waals surface area contributed by atoms with Gasteiger partial charge in [0.25, 0.3) is 5.91 Å². The van der Waals surface area contributed by atoms with E-state index >= 15 is 0 Å². The summed E-state index contributed by atoms with van der Waals surface area (Å²) >= 11 is 0. The van der Waals surface area contributed by atoms with Crippen LogP contribution in [0.4, 0.5) is 5.69 Å². The number of hydrogen-bond donors (Lipinski definition) is 2. The van der Waals surface area contributed by atoms with Crippen LogP contribution in [0.5, 0.6) is 11.5 Å². The van der Waals surface area contributed by atoms with E-state index in [0.717, 1.165) is 17.8 Å². The Morgan fingerprint density at radius 2 is 2.11 bits per heavy atom. The van der Waals surface area contributed by atoms with Gasteiger partial charge in [-0.2, -0.15) is 10.2 Å². The van der Waals surface area contributed by atoms with Gasteiger partial charge in [-0.1, -0.05) is 0 Å². The van der Waals surface area contributed by atoms with E-state index in [2.05, 4.69) is 25.6 Å². The van der Waals surface area contributed by atoms with Crippen molar-refractivity contribution in [2.45, 2.75) is 0 Å². The normalized spacial score (nSPS) is 19.3. The standard InChI is InChI=1S/C30H29N9O5/c1-42-26-10-22-25(43-8-5-31-22)11-24(26)39-23-9-21(18-13-35-38-6-2-3-32-28(18)38)34-12-19(23)27(36-39)29(40)33-4-7-37-14-17-16-44-30(41)20(17)15-37/h2-3,6,9-13,17,20,31H,4-5,7-8,14-16H2,1H3,(H,33,40)/t17-,20-/m0/s1. The van der Waals surface area contributed by atoms with E-state index in [4.69, 9.17) is 24.3 Å². The van der Waals surface area contributed by atoms with Gasteiger partial charge in [0.15, 0.2) is 11.3 Å². The van der Waals surface area contributed by atoms with Gasteiger partial charge in [0, 0.05) is 69.4 Å². The minimum Gasteiger partial charge on any atom is -0.494 e. The van der Waals surface area contributed by atoms with Crippen LogP contribution in [0.3, 0.4) is 0 Å². The summed E-state index contributed by atoms with van der Waals surface area (Å²) in [7, 11) is 1.60. The van der Waals surface area contributed by atoms with Crippen molar-refractivity contribution >= 4 is 34.1 Å². The first kappa shape index (κ1) is 26.4. The van der Waals surface area contributed by atoms with Gasteiger partial charge < -0.3 is 29.7 Å². The van der Waals surface area contributed by atoms with E-state index in [9.17, 15) is 9.59 Å². The number of carbonyl (C=O) groups is 2. The number of carbonyl (C=O) groups excluding carboxylic acids is 2. The van der Waals surface area contributed by atoms with Crippen LogP contribution in [0.1, 0.15) is 10.5 Å². The molecule has 1 amide bonds. The number of likely N-dealkylation sites (tertiary alicyclic amines) is 1. The van der Waals surface area contributed by atoms with Gasteiger partial charge in [-0.3, -0.25) is 14.6 Å². The van der Waals surface area contributed by atoms with Gasteiger partial charge in [0.2, 0.25) is 0 Å². The summed E-state index contributed by atoms with van der Waals surface area (Å²) in [6.45, 7) is 4.16. The van der Waals surface area contributed by atoms with Crippen LogP contribution in [0.25, 0.3) is 33.5 Å². The number of esters is 1. The highest BCUT2D eigenvalue weighted by atomic mass is 16.5. The number of anilines is 1. The van der Waals surface area contributed by atoms with Crippen LogP contribution in [-0.2, 0) is 9.53 Å². The zero-order valence-electron chi connectivity index (χ0n) is 23.9. The second kappa shape index (κ2) is 10.5. The van der Waals surface area contributed by atoms with Crippen LogP contribution >= 0.6 is 0 Å². The van der Waals surface area contributed by atoms with Crippen molar-refractivity contribution in [2.24, 2.45) is 11.8 Å². The molecule has 1 aromatic carbocycles. The Bertz CT molecular complexity index is 1940. The Labute approximate surface area is 250 Å². The topological polar surface area (TPSA) is 150 Å². The molecule has 0 saturated carbocycles.